The van der Waals surface area contributed by atoms with Gasteiger partial charge in [-0.25, -0.2) is 18.1 Å². The summed E-state index contributed by atoms with van der Waals surface area (Å²) in [6.45, 7) is 0.501. The van der Waals surface area contributed by atoms with Gasteiger partial charge in [0.15, 0.2) is 11.6 Å². The first-order valence-electron chi connectivity index (χ1n) is 12.5. The fourth-order valence-electron chi connectivity index (χ4n) is 4.33. The van der Waals surface area contributed by atoms with Crippen molar-refractivity contribution >= 4 is 16.7 Å². The SMILES string of the molecule is [2H]C([2H])([2H])O[C@@H]1CCN(c2cc3c(c(OC)n2)c(=O)n(-c2cncc(C#N)c2)c(=O)n3-c2ccc(F)c(F)c2)C1. The van der Waals surface area contributed by atoms with Crippen molar-refractivity contribution in [3.05, 3.63) is 80.8 Å². The van der Waals surface area contributed by atoms with Gasteiger partial charge in [0.05, 0.1) is 46.0 Å². The van der Waals surface area contributed by atoms with E-state index in [4.69, 9.17) is 13.6 Å². The number of anilines is 1. The number of halogens is 2. The lowest BCUT2D eigenvalue weighted by Crippen LogP contribution is -2.39. The summed E-state index contributed by atoms with van der Waals surface area (Å²) in [4.78, 5) is 37.7. The molecule has 1 aliphatic rings. The summed E-state index contributed by atoms with van der Waals surface area (Å²) in [5.74, 6) is -2.30. The van der Waals surface area contributed by atoms with E-state index in [9.17, 15) is 23.6 Å². The molecule has 10 nitrogen and oxygen atoms in total. The molecule has 0 bridgehead atoms. The molecule has 0 N–H and O–H groups in total. The Labute approximate surface area is 212 Å². The van der Waals surface area contributed by atoms with E-state index in [2.05, 4.69) is 9.97 Å². The van der Waals surface area contributed by atoms with Crippen LogP contribution in [0.1, 0.15) is 16.1 Å². The van der Waals surface area contributed by atoms with Gasteiger partial charge < -0.3 is 14.4 Å². The summed E-state index contributed by atoms with van der Waals surface area (Å²) in [5, 5.41) is 9.13. The number of hydrogen-bond acceptors (Lipinski definition) is 8. The molecule has 0 amide bonds. The quantitative estimate of drug-likeness (QED) is 0.403. The minimum atomic E-state index is -2.59. The van der Waals surface area contributed by atoms with E-state index < -0.39 is 36.0 Å². The maximum atomic E-state index is 14.3. The highest BCUT2D eigenvalue weighted by Crippen LogP contribution is 2.29. The summed E-state index contributed by atoms with van der Waals surface area (Å²) in [6, 6.07) is 7.39. The van der Waals surface area contributed by atoms with Crippen molar-refractivity contribution < 1.29 is 22.4 Å². The highest BCUT2D eigenvalue weighted by Gasteiger charge is 2.27. The highest BCUT2D eigenvalue weighted by atomic mass is 19.2. The predicted octanol–water partition coefficient (Wildman–Crippen LogP) is 2.32. The van der Waals surface area contributed by atoms with Crippen LogP contribution < -0.4 is 20.9 Å². The summed E-state index contributed by atoms with van der Waals surface area (Å²) < 4.78 is 62.5. The van der Waals surface area contributed by atoms with E-state index in [-0.39, 0.29) is 46.1 Å². The summed E-state index contributed by atoms with van der Waals surface area (Å²) >= 11 is 0. The van der Waals surface area contributed by atoms with Gasteiger partial charge in [0.1, 0.15) is 17.3 Å². The zero-order chi connectivity index (χ0) is 28.8. The molecule has 0 radical (unpaired) electrons. The summed E-state index contributed by atoms with van der Waals surface area (Å²) in [6.07, 6.45) is 2.20. The second-order valence-corrected chi connectivity index (χ2v) is 8.26. The Kier molecular flexibility index (Phi) is 5.24. The number of benzene rings is 1. The van der Waals surface area contributed by atoms with Crippen molar-refractivity contribution in [1.82, 2.24) is 19.1 Å². The van der Waals surface area contributed by atoms with Crippen LogP contribution in [0.3, 0.4) is 0 Å². The van der Waals surface area contributed by atoms with Gasteiger partial charge in [0.2, 0.25) is 5.88 Å². The first-order valence-corrected chi connectivity index (χ1v) is 11.0. The van der Waals surface area contributed by atoms with E-state index in [0.29, 0.717) is 13.0 Å². The molecule has 188 valence electrons. The van der Waals surface area contributed by atoms with Gasteiger partial charge in [0.25, 0.3) is 5.56 Å². The van der Waals surface area contributed by atoms with Gasteiger partial charge in [-0.1, -0.05) is 0 Å². The van der Waals surface area contributed by atoms with E-state index in [0.717, 1.165) is 21.3 Å². The number of fused-ring (bicyclic) bond motifs is 1. The zero-order valence-electron chi connectivity index (χ0n) is 22.3. The van der Waals surface area contributed by atoms with Gasteiger partial charge in [0, 0.05) is 38.5 Å². The van der Waals surface area contributed by atoms with Crippen molar-refractivity contribution in [3.63, 3.8) is 0 Å². The standard InChI is InChI=1S/C25H20F2N6O4/c1-36-17-5-6-31(13-17)21-9-20-22(23(30-21)37-2)24(34)33(16-7-14(10-28)11-29-12-16)25(35)32(20)15-3-4-18(26)19(27)8-15/h3-4,7-9,11-12,17H,5-6,13H2,1-2H3/t17-/m1/s1/i1D3. The Balaban J connectivity index is 1.80. The molecule has 1 fully saturated rings. The number of nitrogens with zero attached hydrogens (tertiary/aromatic N) is 6. The molecule has 37 heavy (non-hydrogen) atoms. The molecule has 0 unspecified atom stereocenters. The maximum Gasteiger partial charge on any atom is 0.340 e. The molecule has 0 spiro atoms. The Morgan fingerprint density at radius 1 is 1.14 bits per heavy atom. The fraction of sp³-hybridized carbons (Fsp3) is 0.240. The van der Waals surface area contributed by atoms with Crippen LogP contribution in [0, 0.1) is 23.0 Å². The highest BCUT2D eigenvalue weighted by molar-refractivity contribution is 5.87. The number of hydrogen-bond donors (Lipinski definition) is 0. The second-order valence-electron chi connectivity index (χ2n) is 8.26. The Hall–Kier alpha value is -4.63. The lowest BCUT2D eigenvalue weighted by atomic mass is 10.2. The largest absolute Gasteiger partial charge is 0.480 e. The van der Waals surface area contributed by atoms with Crippen LogP contribution in [-0.4, -0.2) is 52.4 Å². The molecule has 1 aliphatic heterocycles. The number of ether oxygens (including phenoxy) is 2. The minimum Gasteiger partial charge on any atom is -0.480 e. The van der Waals surface area contributed by atoms with Crippen molar-refractivity contribution in [2.45, 2.75) is 12.5 Å². The summed E-state index contributed by atoms with van der Waals surface area (Å²) in [5.41, 5.74) is -1.89. The topological polar surface area (TPSA) is 115 Å². The molecular weight excluding hydrogens is 486 g/mol. The van der Waals surface area contributed by atoms with Crippen molar-refractivity contribution in [2.75, 3.05) is 32.1 Å². The van der Waals surface area contributed by atoms with Crippen LogP contribution in [-0.2, 0) is 4.74 Å². The number of methoxy groups -OCH3 is 2. The van der Waals surface area contributed by atoms with Gasteiger partial charge in [-0.05, 0) is 24.6 Å². The van der Waals surface area contributed by atoms with Gasteiger partial charge >= 0.3 is 5.69 Å². The molecule has 3 aromatic heterocycles. The molecule has 1 saturated heterocycles. The van der Waals surface area contributed by atoms with Crippen LogP contribution in [0.5, 0.6) is 5.88 Å². The molecule has 1 aromatic carbocycles. The van der Waals surface area contributed by atoms with Crippen molar-refractivity contribution in [3.8, 4) is 23.3 Å². The lowest BCUT2D eigenvalue weighted by Gasteiger charge is -2.21. The average molecular weight is 509 g/mol. The first-order chi connectivity index (χ1) is 19.0. The number of rotatable bonds is 5. The molecule has 1 atom stereocenters. The van der Waals surface area contributed by atoms with E-state index in [1.807, 2.05) is 6.07 Å². The van der Waals surface area contributed by atoms with Crippen LogP contribution in [0.2, 0.25) is 0 Å². The maximum absolute atomic E-state index is 14.3. The monoisotopic (exact) mass is 509 g/mol. The molecule has 5 rings (SSSR count). The minimum absolute atomic E-state index is 0.0244. The van der Waals surface area contributed by atoms with Gasteiger partial charge in [-0.2, -0.15) is 10.2 Å². The first kappa shape index (κ1) is 20.6. The van der Waals surface area contributed by atoms with Gasteiger partial charge in [-0.3, -0.25) is 14.3 Å². The number of aromatic nitrogens is 4. The Bertz CT molecular complexity index is 1800. The lowest BCUT2D eigenvalue weighted by molar-refractivity contribution is 0.121. The molecule has 12 heteroatoms. The molecule has 4 heterocycles. The zero-order valence-corrected chi connectivity index (χ0v) is 19.3. The van der Waals surface area contributed by atoms with Crippen LogP contribution >= 0.6 is 0 Å². The second kappa shape index (κ2) is 9.44. The van der Waals surface area contributed by atoms with Crippen LogP contribution in [0.25, 0.3) is 22.3 Å². The molecule has 0 saturated carbocycles. The number of nitriles is 1. The van der Waals surface area contributed by atoms with Crippen LogP contribution in [0.4, 0.5) is 14.6 Å². The predicted molar refractivity (Wildman–Crippen MR) is 130 cm³/mol. The fourth-order valence-corrected chi connectivity index (χ4v) is 4.33. The summed E-state index contributed by atoms with van der Waals surface area (Å²) in [7, 11) is -1.32. The van der Waals surface area contributed by atoms with E-state index >= 15 is 0 Å². The van der Waals surface area contributed by atoms with Crippen LogP contribution in [0.15, 0.2) is 52.3 Å². The molecular formula is C25H20F2N6O4. The third-order valence-electron chi connectivity index (χ3n) is 6.09. The third kappa shape index (κ3) is 4.09. The Morgan fingerprint density at radius 2 is 1.97 bits per heavy atom. The van der Waals surface area contributed by atoms with Gasteiger partial charge in [-0.15, -0.1) is 0 Å². The van der Waals surface area contributed by atoms with E-state index in [1.165, 1.54) is 37.7 Å². The average Bonchev–Trinajstić information content (AvgIpc) is 3.37. The Morgan fingerprint density at radius 3 is 2.70 bits per heavy atom. The van der Waals surface area contributed by atoms with Crippen molar-refractivity contribution in [1.29, 1.82) is 5.26 Å². The van der Waals surface area contributed by atoms with Crippen molar-refractivity contribution in [2.24, 2.45) is 0 Å². The third-order valence-corrected chi connectivity index (χ3v) is 6.09. The molecule has 0 aliphatic carbocycles. The smallest absolute Gasteiger partial charge is 0.340 e. The number of pyridine rings is 2. The molecule has 4 aromatic rings. The normalized spacial score (nSPS) is 16.8. The van der Waals surface area contributed by atoms with E-state index in [1.54, 1.807) is 4.90 Å².